The van der Waals surface area contributed by atoms with E-state index in [2.05, 4.69) is 17.2 Å². The van der Waals surface area contributed by atoms with E-state index in [1.165, 1.54) is 22.7 Å². The molecule has 0 spiro atoms. The zero-order chi connectivity index (χ0) is 23.2. The minimum absolute atomic E-state index is 0.0630. The largest absolute Gasteiger partial charge is 0.497 e. The fraction of sp³-hybridized carbons (Fsp3) is 0.200. The van der Waals surface area contributed by atoms with Crippen LogP contribution in [0.25, 0.3) is 0 Å². The summed E-state index contributed by atoms with van der Waals surface area (Å²) < 4.78 is 5.24. The number of nitro groups is 1. The first kappa shape index (κ1) is 22.0. The van der Waals surface area contributed by atoms with Crippen LogP contribution in [0.4, 0.5) is 10.5 Å². The Hall–Kier alpha value is -4.20. The monoisotopic (exact) mass is 444 g/mol. The number of carbonyl (C=O) groups excluding carboxylic acids is 1. The van der Waals surface area contributed by atoms with Gasteiger partial charge in [-0.25, -0.2) is 19.9 Å². The summed E-state index contributed by atoms with van der Waals surface area (Å²) in [7, 11) is 1.60. The number of nitrogens with zero attached hydrogens (tertiary/aromatic N) is 4. The van der Waals surface area contributed by atoms with Gasteiger partial charge in [0.2, 0.25) is 0 Å². The first-order valence-electron chi connectivity index (χ1n) is 10.6. The number of rotatable bonds is 7. The molecule has 0 aliphatic carbocycles. The van der Waals surface area contributed by atoms with Crippen LogP contribution < -0.4 is 9.75 Å². The van der Waals surface area contributed by atoms with Crippen molar-refractivity contribution in [3.05, 3.63) is 106 Å². The maximum atomic E-state index is 13.2. The van der Waals surface area contributed by atoms with Crippen molar-refractivity contribution in [2.75, 3.05) is 18.7 Å². The van der Waals surface area contributed by atoms with Crippen molar-refractivity contribution >= 4 is 17.4 Å². The molecular formula is C25H24N4O4. The fourth-order valence-electron chi connectivity index (χ4n) is 3.89. The van der Waals surface area contributed by atoms with Gasteiger partial charge in [0.15, 0.2) is 5.03 Å². The number of hydrogen-bond donors (Lipinski definition) is 0. The highest BCUT2D eigenvalue weighted by Gasteiger charge is 2.38. The Bertz CT molecular complexity index is 1130. The van der Waals surface area contributed by atoms with Crippen LogP contribution in [0.1, 0.15) is 17.5 Å². The van der Waals surface area contributed by atoms with Crippen LogP contribution in [0, 0.1) is 16.0 Å². The number of benzene rings is 3. The lowest BCUT2D eigenvalue weighted by atomic mass is 9.91. The quantitative estimate of drug-likeness (QED) is 0.387. The number of urea groups is 1. The highest BCUT2D eigenvalue weighted by molar-refractivity contribution is 6.05. The zero-order valence-electron chi connectivity index (χ0n) is 18.2. The van der Waals surface area contributed by atoms with Crippen molar-refractivity contribution in [3.63, 3.8) is 0 Å². The van der Waals surface area contributed by atoms with E-state index in [0.29, 0.717) is 5.01 Å². The molecule has 0 bridgehead atoms. The van der Waals surface area contributed by atoms with Gasteiger partial charge in [0.25, 0.3) is 0 Å². The molecule has 8 nitrogen and oxygen atoms in total. The van der Waals surface area contributed by atoms with Crippen molar-refractivity contribution in [1.82, 2.24) is 5.01 Å². The molecule has 0 saturated carbocycles. The third-order valence-electron chi connectivity index (χ3n) is 5.58. The van der Waals surface area contributed by atoms with Crippen molar-refractivity contribution in [2.24, 2.45) is 11.0 Å². The molecule has 0 radical (unpaired) electrons. The number of para-hydroxylation sites is 1. The minimum Gasteiger partial charge on any atom is -0.497 e. The van der Waals surface area contributed by atoms with Crippen molar-refractivity contribution in [1.29, 1.82) is 0 Å². The molecule has 0 aromatic heterocycles. The van der Waals surface area contributed by atoms with E-state index in [1.54, 1.807) is 25.3 Å². The van der Waals surface area contributed by atoms with E-state index in [1.807, 2.05) is 42.5 Å². The molecule has 2 amide bonds. The summed E-state index contributed by atoms with van der Waals surface area (Å²) in [6, 6.07) is 24.8. The average molecular weight is 444 g/mol. The average Bonchev–Trinajstić information content (AvgIpc) is 3.28. The number of hydrazine groups is 1. The molecule has 0 saturated heterocycles. The Labute approximate surface area is 191 Å². The summed E-state index contributed by atoms with van der Waals surface area (Å²) in [6.45, 7) is 0.268. The van der Waals surface area contributed by atoms with Crippen LogP contribution >= 0.6 is 0 Å². The van der Waals surface area contributed by atoms with Gasteiger partial charge < -0.3 is 4.74 Å². The van der Waals surface area contributed by atoms with E-state index in [9.17, 15) is 14.9 Å². The molecule has 4 rings (SSSR count). The van der Waals surface area contributed by atoms with E-state index in [4.69, 9.17) is 4.74 Å². The normalized spacial score (nSPS) is 15.1. The van der Waals surface area contributed by atoms with Crippen molar-refractivity contribution in [2.45, 2.75) is 12.8 Å². The maximum Gasteiger partial charge on any atom is 0.403 e. The van der Waals surface area contributed by atoms with Gasteiger partial charge >= 0.3 is 6.03 Å². The number of carbonyl (C=O) groups is 1. The summed E-state index contributed by atoms with van der Waals surface area (Å²) in [4.78, 5) is 24.9. The predicted molar refractivity (Wildman–Crippen MR) is 126 cm³/mol. The molecular weight excluding hydrogens is 420 g/mol. The topological polar surface area (TPSA) is 88.3 Å². The molecule has 1 atom stereocenters. The number of hydrazone groups is 1. The van der Waals surface area contributed by atoms with Gasteiger partial charge in [0, 0.05) is 5.92 Å². The van der Waals surface area contributed by atoms with E-state index >= 15 is 0 Å². The third kappa shape index (κ3) is 5.01. The number of methoxy groups -OCH3 is 1. The van der Waals surface area contributed by atoms with E-state index in [0.717, 1.165) is 29.9 Å². The number of amides is 2. The van der Waals surface area contributed by atoms with Crippen LogP contribution in [-0.2, 0) is 6.42 Å². The van der Waals surface area contributed by atoms with Crippen molar-refractivity contribution in [3.8, 4) is 5.75 Å². The second-order valence-electron chi connectivity index (χ2n) is 7.68. The van der Waals surface area contributed by atoms with Gasteiger partial charge in [-0.1, -0.05) is 48.5 Å². The van der Waals surface area contributed by atoms with Crippen LogP contribution in [0.15, 0.2) is 90.0 Å². The summed E-state index contributed by atoms with van der Waals surface area (Å²) in [5.41, 5.74) is 2.96. The van der Waals surface area contributed by atoms with Gasteiger partial charge in [-0.15, -0.1) is 0 Å². The standard InChI is InChI=1S/C25H24N4O4/c1-33-23-16-14-20(15-17-23)24-21(13-12-19-8-4-2-5-9-19)18-27(26-24)25(30)28(29(31)32)22-10-6-3-7-11-22/h2-11,14-17,21H,12-13,18H2,1H3. The lowest BCUT2D eigenvalue weighted by Crippen LogP contribution is -2.44. The third-order valence-corrected chi connectivity index (χ3v) is 5.58. The second kappa shape index (κ2) is 9.95. The fourth-order valence-corrected chi connectivity index (χ4v) is 3.89. The summed E-state index contributed by atoms with van der Waals surface area (Å²) in [5.74, 6) is 0.654. The molecule has 3 aromatic carbocycles. The first-order valence-corrected chi connectivity index (χ1v) is 10.6. The molecule has 1 aliphatic heterocycles. The van der Waals surface area contributed by atoms with E-state index < -0.39 is 11.1 Å². The van der Waals surface area contributed by atoms with Gasteiger partial charge in [0.1, 0.15) is 11.4 Å². The molecule has 168 valence electrons. The van der Waals surface area contributed by atoms with Crippen LogP contribution in [-0.4, -0.2) is 35.4 Å². The predicted octanol–water partition coefficient (Wildman–Crippen LogP) is 4.78. The Kier molecular flexibility index (Phi) is 6.64. The lowest BCUT2D eigenvalue weighted by molar-refractivity contribution is -0.482. The molecule has 0 fully saturated rings. The van der Waals surface area contributed by atoms with Crippen LogP contribution in [0.5, 0.6) is 5.75 Å². The number of anilines is 1. The Balaban J connectivity index is 1.61. The molecule has 1 aliphatic rings. The second-order valence-corrected chi connectivity index (χ2v) is 7.68. The Morgan fingerprint density at radius 1 is 1.06 bits per heavy atom. The van der Waals surface area contributed by atoms with Crippen molar-refractivity contribution < 1.29 is 14.6 Å². The molecule has 1 unspecified atom stereocenters. The maximum absolute atomic E-state index is 13.2. The Morgan fingerprint density at radius 3 is 2.30 bits per heavy atom. The first-order chi connectivity index (χ1) is 16.1. The van der Waals surface area contributed by atoms with Gasteiger partial charge in [-0.3, -0.25) is 0 Å². The molecule has 3 aromatic rings. The van der Waals surface area contributed by atoms with Gasteiger partial charge in [-0.05, 0) is 65.4 Å². The number of hydrogen-bond acceptors (Lipinski definition) is 5. The minimum atomic E-state index is -0.792. The zero-order valence-corrected chi connectivity index (χ0v) is 18.2. The SMILES string of the molecule is COc1ccc(C2=NN(C(=O)N(c3ccccc3)[N+](=O)[O-])CC2CCc2ccccc2)cc1. The number of aryl methyl sites for hydroxylation is 1. The lowest BCUT2D eigenvalue weighted by Gasteiger charge is -2.18. The molecule has 1 heterocycles. The molecule has 0 N–H and O–H groups in total. The smallest absolute Gasteiger partial charge is 0.403 e. The molecule has 8 heteroatoms. The van der Waals surface area contributed by atoms with Gasteiger partial charge in [-0.2, -0.15) is 5.10 Å². The van der Waals surface area contributed by atoms with Gasteiger partial charge in [0.05, 0.1) is 19.4 Å². The Morgan fingerprint density at radius 2 is 1.70 bits per heavy atom. The highest BCUT2D eigenvalue weighted by Crippen LogP contribution is 2.27. The van der Waals surface area contributed by atoms with Crippen LogP contribution in [0.2, 0.25) is 0 Å². The summed E-state index contributed by atoms with van der Waals surface area (Å²) in [5, 5.41) is 17.3. The number of ether oxygens (including phenoxy) is 1. The highest BCUT2D eigenvalue weighted by atomic mass is 16.7. The summed E-state index contributed by atoms with van der Waals surface area (Å²) >= 11 is 0. The van der Waals surface area contributed by atoms with Crippen LogP contribution in [0.3, 0.4) is 0 Å². The van der Waals surface area contributed by atoms with E-state index in [-0.39, 0.29) is 18.2 Å². The summed E-state index contributed by atoms with van der Waals surface area (Å²) in [6.07, 6.45) is 1.56. The molecule has 33 heavy (non-hydrogen) atoms.